The highest BCUT2D eigenvalue weighted by Gasteiger charge is 2.08. The van der Waals surface area contributed by atoms with Crippen LogP contribution in [0.15, 0.2) is 42.6 Å². The van der Waals surface area contributed by atoms with Crippen molar-refractivity contribution in [3.05, 3.63) is 53.9 Å². The highest BCUT2D eigenvalue weighted by atomic mass is 16.5. The van der Waals surface area contributed by atoms with Crippen molar-refractivity contribution >= 4 is 22.6 Å². The van der Waals surface area contributed by atoms with Crippen LogP contribution < -0.4 is 10.4 Å². The maximum Gasteiger partial charge on any atom is 0.276 e. The van der Waals surface area contributed by atoms with E-state index in [-0.39, 0.29) is 0 Å². The molecule has 1 aromatic carbocycles. The van der Waals surface area contributed by atoms with Crippen LogP contribution in [0.3, 0.4) is 0 Å². The molecule has 156 valence electrons. The van der Waals surface area contributed by atoms with Crippen LogP contribution in [0.5, 0.6) is 0 Å². The first kappa shape index (κ1) is 22.4. The summed E-state index contributed by atoms with van der Waals surface area (Å²) in [5.41, 5.74) is 4.34. The third-order valence-corrected chi connectivity index (χ3v) is 4.59. The van der Waals surface area contributed by atoms with E-state index >= 15 is 0 Å². The third-order valence-electron chi connectivity index (χ3n) is 4.59. The molecule has 3 aromatic rings. The van der Waals surface area contributed by atoms with Gasteiger partial charge in [-0.15, -0.1) is 0 Å². The number of hydrogen-bond acceptors (Lipinski definition) is 5. The summed E-state index contributed by atoms with van der Waals surface area (Å²) >= 11 is 0. The van der Waals surface area contributed by atoms with E-state index in [0.29, 0.717) is 5.56 Å². The second-order valence-corrected chi connectivity index (χ2v) is 6.77. The van der Waals surface area contributed by atoms with Gasteiger partial charge in [-0.1, -0.05) is 39.0 Å². The van der Waals surface area contributed by atoms with Crippen LogP contribution in [-0.2, 0) is 13.5 Å². The minimum absolute atomic E-state index is 0.351. The molecule has 2 N–H and O–H groups in total. The van der Waals surface area contributed by atoms with Crippen molar-refractivity contribution in [2.75, 3.05) is 18.0 Å². The van der Waals surface area contributed by atoms with Gasteiger partial charge in [0, 0.05) is 31.7 Å². The Morgan fingerprint density at radius 3 is 2.34 bits per heavy atom. The number of pyridine rings is 1. The number of nitrogens with zero attached hydrogens (tertiary/aromatic N) is 4. The first-order valence-electron chi connectivity index (χ1n) is 10.1. The molecule has 0 atom stereocenters. The average Bonchev–Trinajstić information content (AvgIpc) is 3.09. The van der Waals surface area contributed by atoms with E-state index in [1.807, 2.05) is 17.8 Å². The molecule has 2 aromatic heterocycles. The van der Waals surface area contributed by atoms with E-state index in [0.717, 1.165) is 38.2 Å². The molecule has 0 unspecified atom stereocenters. The summed E-state index contributed by atoms with van der Waals surface area (Å²) in [6.07, 6.45) is 4.58. The molecular weight excluding hydrogens is 366 g/mol. The Balaban J connectivity index is 0.000000218. The van der Waals surface area contributed by atoms with Gasteiger partial charge in [-0.3, -0.25) is 14.7 Å². The fourth-order valence-electron chi connectivity index (χ4n) is 3.20. The summed E-state index contributed by atoms with van der Waals surface area (Å²) in [7, 11) is 1.99. The topological polar surface area (TPSA) is 83.3 Å². The molecule has 1 amide bonds. The summed E-state index contributed by atoms with van der Waals surface area (Å²) in [6, 6.07) is 11.8. The fourth-order valence-corrected chi connectivity index (χ4v) is 3.20. The Bertz CT molecular complexity index is 899. The quantitative estimate of drug-likeness (QED) is 0.466. The van der Waals surface area contributed by atoms with Crippen LogP contribution in [-0.4, -0.2) is 39.0 Å². The van der Waals surface area contributed by atoms with Crippen molar-refractivity contribution in [2.45, 2.75) is 40.0 Å². The van der Waals surface area contributed by atoms with E-state index in [4.69, 9.17) is 5.21 Å². The zero-order valence-corrected chi connectivity index (χ0v) is 17.7. The Morgan fingerprint density at radius 1 is 1.10 bits per heavy atom. The number of fused-ring (bicyclic) bond motifs is 1. The van der Waals surface area contributed by atoms with Gasteiger partial charge in [-0.2, -0.15) is 5.10 Å². The second-order valence-electron chi connectivity index (χ2n) is 6.77. The van der Waals surface area contributed by atoms with Gasteiger partial charge in [-0.25, -0.2) is 10.5 Å². The van der Waals surface area contributed by atoms with Crippen molar-refractivity contribution in [1.82, 2.24) is 20.2 Å². The Hall–Kier alpha value is -2.93. The molecule has 0 radical (unpaired) electrons. The van der Waals surface area contributed by atoms with Crippen molar-refractivity contribution < 1.29 is 10.0 Å². The summed E-state index contributed by atoms with van der Waals surface area (Å²) in [4.78, 5) is 17.6. The number of amides is 1. The standard InChI is InChI=1S/C12H19N3O2.C10H12N2/c1-3-7-15(8-4-2)11-6-5-10(9-13-11)12(16)14-17;1-3-9-8-6-4-5-7-10(8)12(2)11-9/h5-6,9,17H,3-4,7-8H2,1-2H3,(H,14,16);4-7H,3H2,1-2H3. The molecule has 0 fully saturated rings. The van der Waals surface area contributed by atoms with E-state index in [9.17, 15) is 4.79 Å². The highest BCUT2D eigenvalue weighted by molar-refractivity contribution is 5.93. The number of nitrogens with one attached hydrogen (secondary N) is 1. The average molecular weight is 398 g/mol. The van der Waals surface area contributed by atoms with Crippen LogP contribution in [0.25, 0.3) is 10.9 Å². The van der Waals surface area contributed by atoms with Crippen LogP contribution in [0.1, 0.15) is 49.7 Å². The number of aromatic nitrogens is 3. The van der Waals surface area contributed by atoms with E-state index in [1.165, 1.54) is 22.8 Å². The van der Waals surface area contributed by atoms with Crippen LogP contribution in [0.2, 0.25) is 0 Å². The third kappa shape index (κ3) is 5.77. The van der Waals surface area contributed by atoms with Gasteiger partial charge in [0.25, 0.3) is 5.91 Å². The molecule has 0 aliphatic heterocycles. The number of anilines is 1. The Labute approximate surface area is 172 Å². The number of para-hydroxylation sites is 1. The van der Waals surface area contributed by atoms with Gasteiger partial charge >= 0.3 is 0 Å². The van der Waals surface area contributed by atoms with Crippen molar-refractivity contribution in [1.29, 1.82) is 0 Å². The lowest BCUT2D eigenvalue weighted by Crippen LogP contribution is -2.26. The Kier molecular flexibility index (Phi) is 8.61. The molecule has 0 spiro atoms. The SMILES string of the molecule is CCCN(CCC)c1ccc(C(=O)NO)cn1.CCc1nn(C)c2ccccc12. The molecular formula is C22H31N5O2. The number of rotatable bonds is 7. The summed E-state index contributed by atoms with van der Waals surface area (Å²) in [6.45, 7) is 8.28. The van der Waals surface area contributed by atoms with Crippen molar-refractivity contribution in [3.8, 4) is 0 Å². The van der Waals surface area contributed by atoms with Crippen molar-refractivity contribution in [2.24, 2.45) is 7.05 Å². The highest BCUT2D eigenvalue weighted by Crippen LogP contribution is 2.17. The first-order valence-corrected chi connectivity index (χ1v) is 10.1. The number of aryl methyl sites for hydroxylation is 2. The fraction of sp³-hybridized carbons (Fsp3) is 0.409. The zero-order chi connectivity index (χ0) is 21.2. The number of benzene rings is 1. The monoisotopic (exact) mass is 397 g/mol. The van der Waals surface area contributed by atoms with E-state index in [2.05, 4.69) is 54.0 Å². The molecule has 0 saturated carbocycles. The molecule has 29 heavy (non-hydrogen) atoms. The lowest BCUT2D eigenvalue weighted by molar-refractivity contribution is 0.0706. The number of carbonyl (C=O) groups is 1. The summed E-state index contributed by atoms with van der Waals surface area (Å²) in [5.74, 6) is 0.324. The van der Waals surface area contributed by atoms with Gasteiger partial charge < -0.3 is 4.90 Å². The molecule has 0 saturated heterocycles. The Morgan fingerprint density at radius 2 is 1.79 bits per heavy atom. The molecule has 7 heteroatoms. The summed E-state index contributed by atoms with van der Waals surface area (Å²) in [5, 5.41) is 14.2. The van der Waals surface area contributed by atoms with Gasteiger partial charge in [0.1, 0.15) is 5.82 Å². The maximum atomic E-state index is 11.1. The molecule has 0 aliphatic rings. The largest absolute Gasteiger partial charge is 0.357 e. The minimum atomic E-state index is -0.540. The molecule has 0 bridgehead atoms. The first-order chi connectivity index (χ1) is 14.0. The smallest absolute Gasteiger partial charge is 0.276 e. The number of carbonyl (C=O) groups excluding carboxylic acids is 1. The van der Waals surface area contributed by atoms with Crippen molar-refractivity contribution in [3.63, 3.8) is 0 Å². The molecule has 0 aliphatic carbocycles. The molecule has 7 nitrogen and oxygen atoms in total. The molecule has 2 heterocycles. The van der Waals surface area contributed by atoms with E-state index < -0.39 is 5.91 Å². The summed E-state index contributed by atoms with van der Waals surface area (Å²) < 4.78 is 1.94. The number of hydroxylamine groups is 1. The van der Waals surface area contributed by atoms with Gasteiger partial charge in [0.05, 0.1) is 16.8 Å². The predicted octanol–water partition coefficient (Wildman–Crippen LogP) is 3.96. The van der Waals surface area contributed by atoms with Crippen LogP contribution >= 0.6 is 0 Å². The van der Waals surface area contributed by atoms with E-state index in [1.54, 1.807) is 17.6 Å². The zero-order valence-electron chi connectivity index (χ0n) is 17.7. The lowest BCUT2D eigenvalue weighted by Gasteiger charge is -2.22. The second kappa shape index (κ2) is 11.2. The van der Waals surface area contributed by atoms with Crippen LogP contribution in [0.4, 0.5) is 5.82 Å². The maximum absolute atomic E-state index is 11.1. The lowest BCUT2D eigenvalue weighted by atomic mass is 10.2. The normalized spacial score (nSPS) is 10.4. The van der Waals surface area contributed by atoms with Crippen LogP contribution in [0, 0.1) is 0 Å². The van der Waals surface area contributed by atoms with Gasteiger partial charge in [0.2, 0.25) is 0 Å². The minimum Gasteiger partial charge on any atom is -0.357 e. The predicted molar refractivity (Wildman–Crippen MR) is 116 cm³/mol. The van der Waals surface area contributed by atoms with Gasteiger partial charge in [0.15, 0.2) is 0 Å². The number of hydrogen-bond donors (Lipinski definition) is 2. The molecule has 3 rings (SSSR count). The van der Waals surface area contributed by atoms with Gasteiger partial charge in [-0.05, 0) is 37.5 Å².